The molecule has 0 aliphatic heterocycles. The molecule has 1 aromatic carbocycles. The van der Waals surface area contributed by atoms with Crippen molar-refractivity contribution in [2.45, 2.75) is 32.4 Å². The normalized spacial score (nSPS) is 13.3. The Morgan fingerprint density at radius 1 is 1.30 bits per heavy atom. The second kappa shape index (κ2) is 7.88. The molecule has 1 aromatic rings. The zero-order chi connectivity index (χ0) is 15.2. The number of benzene rings is 1. The predicted molar refractivity (Wildman–Crippen MR) is 79.7 cm³/mol. The fourth-order valence-corrected chi connectivity index (χ4v) is 2.60. The molecule has 0 spiro atoms. The van der Waals surface area contributed by atoms with Crippen molar-refractivity contribution in [3.8, 4) is 0 Å². The van der Waals surface area contributed by atoms with Crippen LogP contribution in [0.4, 0.5) is 18.9 Å². The highest BCUT2D eigenvalue weighted by Gasteiger charge is 2.30. The first kappa shape index (κ1) is 17.3. The lowest BCUT2D eigenvalue weighted by Gasteiger charge is -2.18. The first-order chi connectivity index (χ1) is 9.38. The molecule has 0 saturated heterocycles. The number of halogens is 4. The van der Waals surface area contributed by atoms with Gasteiger partial charge in [-0.15, -0.1) is 0 Å². The number of anilines is 1. The summed E-state index contributed by atoms with van der Waals surface area (Å²) < 4.78 is 38.1. The summed E-state index contributed by atoms with van der Waals surface area (Å²) in [5, 5.41) is 3.19. The first-order valence-corrected chi connectivity index (χ1v) is 7.48. The molecule has 0 amide bonds. The third kappa shape index (κ3) is 5.32. The molecule has 0 aliphatic rings. The second-order valence-electron chi connectivity index (χ2n) is 4.81. The van der Waals surface area contributed by atoms with Crippen LogP contribution < -0.4 is 11.1 Å². The summed E-state index contributed by atoms with van der Waals surface area (Å²) in [6.07, 6.45) is -1.27. The summed E-state index contributed by atoms with van der Waals surface area (Å²) in [6.45, 7) is 3.45. The van der Waals surface area contributed by atoms with Crippen LogP contribution in [0.2, 0.25) is 0 Å². The van der Waals surface area contributed by atoms with Gasteiger partial charge in [0.15, 0.2) is 0 Å². The molecule has 0 aromatic heterocycles. The number of hydrogen-bond donors (Lipinski definition) is 2. The van der Waals surface area contributed by atoms with Crippen LogP contribution in [0.3, 0.4) is 0 Å². The van der Waals surface area contributed by atoms with Crippen molar-refractivity contribution in [1.82, 2.24) is 0 Å². The van der Waals surface area contributed by atoms with Gasteiger partial charge in [-0.3, -0.25) is 0 Å². The SMILES string of the molecule is CCCC(CCN)CNc1ccc(C(F)(F)F)cc1Br. The summed E-state index contributed by atoms with van der Waals surface area (Å²) in [6, 6.07) is 3.64. The van der Waals surface area contributed by atoms with Crippen molar-refractivity contribution in [2.75, 3.05) is 18.4 Å². The van der Waals surface area contributed by atoms with E-state index in [0.717, 1.165) is 37.9 Å². The maximum absolute atomic E-state index is 12.6. The Morgan fingerprint density at radius 3 is 2.50 bits per heavy atom. The summed E-state index contributed by atoms with van der Waals surface area (Å²) in [5.41, 5.74) is 5.59. The largest absolute Gasteiger partial charge is 0.416 e. The number of nitrogens with one attached hydrogen (secondary N) is 1. The fourth-order valence-electron chi connectivity index (χ4n) is 2.08. The van der Waals surface area contributed by atoms with E-state index in [-0.39, 0.29) is 0 Å². The van der Waals surface area contributed by atoms with Crippen molar-refractivity contribution < 1.29 is 13.2 Å². The Kier molecular flexibility index (Phi) is 6.82. The Hall–Kier alpha value is -0.750. The van der Waals surface area contributed by atoms with Crippen LogP contribution in [0.5, 0.6) is 0 Å². The maximum atomic E-state index is 12.6. The monoisotopic (exact) mass is 352 g/mol. The molecule has 0 fully saturated rings. The number of hydrogen-bond acceptors (Lipinski definition) is 2. The minimum Gasteiger partial charge on any atom is -0.384 e. The van der Waals surface area contributed by atoms with E-state index in [2.05, 4.69) is 28.2 Å². The molecule has 1 atom stereocenters. The Morgan fingerprint density at radius 2 is 2.00 bits per heavy atom. The van der Waals surface area contributed by atoms with E-state index >= 15 is 0 Å². The van der Waals surface area contributed by atoms with E-state index in [1.165, 1.54) is 6.07 Å². The van der Waals surface area contributed by atoms with Gasteiger partial charge in [-0.2, -0.15) is 13.2 Å². The van der Waals surface area contributed by atoms with Crippen LogP contribution >= 0.6 is 15.9 Å². The number of alkyl halides is 3. The zero-order valence-electron chi connectivity index (χ0n) is 11.4. The number of rotatable bonds is 7. The average molecular weight is 353 g/mol. The van der Waals surface area contributed by atoms with Gasteiger partial charge in [0.25, 0.3) is 0 Å². The van der Waals surface area contributed by atoms with Crippen LogP contribution in [0, 0.1) is 5.92 Å². The Bertz CT molecular complexity index is 415. The van der Waals surface area contributed by atoms with Gasteiger partial charge >= 0.3 is 6.18 Å². The molecule has 2 nitrogen and oxygen atoms in total. The summed E-state index contributed by atoms with van der Waals surface area (Å²) in [5.74, 6) is 0.444. The highest BCUT2D eigenvalue weighted by molar-refractivity contribution is 9.10. The summed E-state index contributed by atoms with van der Waals surface area (Å²) in [7, 11) is 0. The first-order valence-electron chi connectivity index (χ1n) is 6.69. The molecular weight excluding hydrogens is 333 g/mol. The van der Waals surface area contributed by atoms with Gasteiger partial charge in [-0.05, 0) is 59.4 Å². The zero-order valence-corrected chi connectivity index (χ0v) is 13.0. The van der Waals surface area contributed by atoms with Crippen molar-refractivity contribution in [3.05, 3.63) is 28.2 Å². The lowest BCUT2D eigenvalue weighted by Crippen LogP contribution is -2.18. The predicted octanol–water partition coefficient (Wildman–Crippen LogP) is 4.64. The van der Waals surface area contributed by atoms with Crippen LogP contribution in [0.15, 0.2) is 22.7 Å². The molecule has 0 bridgehead atoms. The lowest BCUT2D eigenvalue weighted by atomic mass is 10.00. The van der Waals surface area contributed by atoms with Gasteiger partial charge in [0.05, 0.1) is 5.56 Å². The molecule has 3 N–H and O–H groups in total. The molecule has 1 rings (SSSR count). The minimum absolute atomic E-state index is 0.426. The molecule has 0 radical (unpaired) electrons. The lowest BCUT2D eigenvalue weighted by molar-refractivity contribution is -0.137. The van der Waals surface area contributed by atoms with E-state index < -0.39 is 11.7 Å². The average Bonchev–Trinajstić information content (AvgIpc) is 2.36. The molecule has 0 aliphatic carbocycles. The smallest absolute Gasteiger partial charge is 0.384 e. The molecule has 0 heterocycles. The Labute approximate surface area is 126 Å². The van der Waals surface area contributed by atoms with Gasteiger partial charge in [-0.1, -0.05) is 13.3 Å². The molecule has 1 unspecified atom stereocenters. The third-order valence-electron chi connectivity index (χ3n) is 3.15. The standard InChI is InChI=1S/C14H20BrF3N2/c1-2-3-10(6-7-19)9-20-13-5-4-11(8-12(13)15)14(16,17)18/h4-5,8,10,20H,2-3,6-7,9,19H2,1H3. The van der Waals surface area contributed by atoms with E-state index in [9.17, 15) is 13.2 Å². The van der Waals surface area contributed by atoms with Gasteiger partial charge < -0.3 is 11.1 Å². The van der Waals surface area contributed by atoms with Crippen molar-refractivity contribution in [3.63, 3.8) is 0 Å². The molecule has 6 heteroatoms. The second-order valence-corrected chi connectivity index (χ2v) is 5.66. The third-order valence-corrected chi connectivity index (χ3v) is 3.81. The molecule has 0 saturated carbocycles. The van der Waals surface area contributed by atoms with E-state index in [4.69, 9.17) is 5.73 Å². The molecule has 20 heavy (non-hydrogen) atoms. The Balaban J connectivity index is 2.68. The molecular formula is C14H20BrF3N2. The van der Waals surface area contributed by atoms with Gasteiger partial charge in [-0.25, -0.2) is 0 Å². The highest BCUT2D eigenvalue weighted by atomic mass is 79.9. The quantitative estimate of drug-likeness (QED) is 0.749. The van der Waals surface area contributed by atoms with E-state index in [1.54, 1.807) is 0 Å². The fraction of sp³-hybridized carbons (Fsp3) is 0.571. The minimum atomic E-state index is -4.31. The van der Waals surface area contributed by atoms with Crippen LogP contribution in [0.1, 0.15) is 31.7 Å². The van der Waals surface area contributed by atoms with E-state index in [1.807, 2.05) is 0 Å². The van der Waals surface area contributed by atoms with Gasteiger partial charge in [0.1, 0.15) is 0 Å². The van der Waals surface area contributed by atoms with Crippen molar-refractivity contribution in [1.29, 1.82) is 0 Å². The van der Waals surface area contributed by atoms with Crippen molar-refractivity contribution in [2.24, 2.45) is 11.7 Å². The number of nitrogens with two attached hydrogens (primary N) is 1. The molecule has 114 valence electrons. The highest BCUT2D eigenvalue weighted by Crippen LogP contribution is 2.34. The van der Waals surface area contributed by atoms with Crippen LogP contribution in [0.25, 0.3) is 0 Å². The van der Waals surface area contributed by atoms with Crippen LogP contribution in [-0.2, 0) is 6.18 Å². The van der Waals surface area contributed by atoms with Crippen LogP contribution in [-0.4, -0.2) is 13.1 Å². The summed E-state index contributed by atoms with van der Waals surface area (Å²) >= 11 is 3.18. The van der Waals surface area contributed by atoms with Crippen molar-refractivity contribution >= 4 is 21.6 Å². The van der Waals surface area contributed by atoms with E-state index in [0.29, 0.717) is 22.6 Å². The topological polar surface area (TPSA) is 38.0 Å². The summed E-state index contributed by atoms with van der Waals surface area (Å²) in [4.78, 5) is 0. The maximum Gasteiger partial charge on any atom is 0.416 e. The van der Waals surface area contributed by atoms with Gasteiger partial charge in [0.2, 0.25) is 0 Å². The van der Waals surface area contributed by atoms with Gasteiger partial charge in [0, 0.05) is 16.7 Å².